The Morgan fingerprint density at radius 2 is 1.97 bits per heavy atom. The lowest BCUT2D eigenvalue weighted by molar-refractivity contribution is 0.0945. The van der Waals surface area contributed by atoms with Crippen molar-refractivity contribution in [2.45, 2.75) is 45.7 Å². The van der Waals surface area contributed by atoms with Gasteiger partial charge in [0, 0.05) is 17.8 Å². The van der Waals surface area contributed by atoms with E-state index in [-0.39, 0.29) is 5.91 Å². The quantitative estimate of drug-likeness (QED) is 0.542. The Balaban J connectivity index is 1.41. The van der Waals surface area contributed by atoms with Crippen molar-refractivity contribution in [1.82, 2.24) is 30.5 Å². The molecule has 0 radical (unpaired) electrons. The van der Waals surface area contributed by atoms with Gasteiger partial charge in [0.2, 0.25) is 5.82 Å². The second-order valence-corrected chi connectivity index (χ2v) is 8.71. The molecule has 3 N–H and O–H groups in total. The van der Waals surface area contributed by atoms with Crippen LogP contribution in [-0.2, 0) is 13.1 Å². The predicted molar refractivity (Wildman–Crippen MR) is 124 cm³/mol. The van der Waals surface area contributed by atoms with Crippen molar-refractivity contribution in [2.75, 3.05) is 13.7 Å². The van der Waals surface area contributed by atoms with Crippen LogP contribution in [0.25, 0.3) is 11.4 Å². The zero-order chi connectivity index (χ0) is 23.2. The minimum Gasteiger partial charge on any atom is -0.497 e. The molecule has 0 bridgehead atoms. The maximum absolute atomic E-state index is 12.8. The smallest absolute Gasteiger partial charge is 0.270 e. The number of nitrogens with one attached hydrogen (secondary N) is 1. The van der Waals surface area contributed by atoms with Gasteiger partial charge in [0.1, 0.15) is 11.4 Å². The Morgan fingerprint density at radius 1 is 1.18 bits per heavy atom. The van der Waals surface area contributed by atoms with Crippen LogP contribution in [0.3, 0.4) is 0 Å². The van der Waals surface area contributed by atoms with Gasteiger partial charge in [-0.05, 0) is 86.0 Å². The van der Waals surface area contributed by atoms with Gasteiger partial charge in [-0.1, -0.05) is 12.1 Å². The molecule has 1 aliphatic carbocycles. The van der Waals surface area contributed by atoms with Gasteiger partial charge in [-0.15, -0.1) is 10.2 Å². The van der Waals surface area contributed by atoms with E-state index in [1.165, 1.54) is 12.8 Å². The number of pyridine rings is 1. The fourth-order valence-electron chi connectivity index (χ4n) is 4.29. The third-order valence-electron chi connectivity index (χ3n) is 6.21. The summed E-state index contributed by atoms with van der Waals surface area (Å²) >= 11 is 0. The number of ether oxygens (including phenoxy) is 1. The number of benzene rings is 1. The Bertz CT molecular complexity index is 1090. The molecule has 0 atom stereocenters. The van der Waals surface area contributed by atoms with Crippen molar-refractivity contribution in [3.63, 3.8) is 0 Å². The fraction of sp³-hybridized carbons (Fsp3) is 0.458. The number of hydrogen-bond donors (Lipinski definition) is 2. The van der Waals surface area contributed by atoms with Crippen LogP contribution in [0.4, 0.5) is 0 Å². The highest BCUT2D eigenvalue weighted by Crippen LogP contribution is 2.29. The number of tetrazole rings is 1. The molecule has 1 saturated carbocycles. The molecular formula is C24H31N7O2. The van der Waals surface area contributed by atoms with Crippen molar-refractivity contribution >= 4 is 5.91 Å². The number of rotatable bonds is 8. The number of aryl methyl sites for hydroxylation is 1. The molecule has 0 unspecified atom stereocenters. The highest BCUT2D eigenvalue weighted by atomic mass is 16.5. The summed E-state index contributed by atoms with van der Waals surface area (Å²) in [5.41, 5.74) is 8.51. The normalized spacial score (nSPS) is 18.2. The van der Waals surface area contributed by atoms with E-state index in [4.69, 9.17) is 10.5 Å². The van der Waals surface area contributed by atoms with Crippen LogP contribution in [0.5, 0.6) is 5.75 Å². The molecule has 1 aromatic carbocycles. The molecule has 1 aliphatic rings. The highest BCUT2D eigenvalue weighted by molar-refractivity contribution is 5.93. The summed E-state index contributed by atoms with van der Waals surface area (Å²) < 4.78 is 5.23. The van der Waals surface area contributed by atoms with E-state index in [2.05, 4.69) is 25.7 Å². The topological polar surface area (TPSA) is 121 Å². The van der Waals surface area contributed by atoms with Crippen LogP contribution in [0, 0.1) is 18.8 Å². The molecule has 2 aromatic heterocycles. The molecule has 174 valence electrons. The summed E-state index contributed by atoms with van der Waals surface area (Å²) in [6.07, 6.45) is 4.62. The number of methoxy groups -OCH3 is 1. The molecule has 0 saturated heterocycles. The molecule has 33 heavy (non-hydrogen) atoms. The number of hydrogen-bond acceptors (Lipinski definition) is 7. The number of nitrogens with two attached hydrogens (primary N) is 1. The van der Waals surface area contributed by atoms with Crippen molar-refractivity contribution in [2.24, 2.45) is 17.6 Å². The number of aromatic nitrogens is 5. The van der Waals surface area contributed by atoms with Crippen molar-refractivity contribution in [3.05, 3.63) is 53.3 Å². The summed E-state index contributed by atoms with van der Waals surface area (Å²) in [4.78, 5) is 18.8. The van der Waals surface area contributed by atoms with Gasteiger partial charge < -0.3 is 15.8 Å². The molecule has 0 spiro atoms. The van der Waals surface area contributed by atoms with Crippen LogP contribution < -0.4 is 15.8 Å². The number of amides is 1. The summed E-state index contributed by atoms with van der Waals surface area (Å²) in [6.45, 7) is 3.75. The Hall–Kier alpha value is -3.33. The molecule has 1 amide bonds. The Labute approximate surface area is 193 Å². The van der Waals surface area contributed by atoms with Crippen LogP contribution >= 0.6 is 0 Å². The summed E-state index contributed by atoms with van der Waals surface area (Å²) in [5, 5.41) is 15.9. The molecular weight excluding hydrogens is 418 g/mol. The van der Waals surface area contributed by atoms with E-state index in [0.717, 1.165) is 48.5 Å². The lowest BCUT2D eigenvalue weighted by Crippen LogP contribution is -2.24. The zero-order valence-corrected chi connectivity index (χ0v) is 19.2. The van der Waals surface area contributed by atoms with Crippen molar-refractivity contribution in [1.29, 1.82) is 0 Å². The lowest BCUT2D eigenvalue weighted by atomic mass is 9.82. The zero-order valence-electron chi connectivity index (χ0n) is 19.2. The first-order valence-corrected chi connectivity index (χ1v) is 11.4. The van der Waals surface area contributed by atoms with Crippen molar-refractivity contribution < 1.29 is 9.53 Å². The summed E-state index contributed by atoms with van der Waals surface area (Å²) in [6, 6.07) is 11.2. The van der Waals surface area contributed by atoms with Gasteiger partial charge in [-0.25, -0.2) is 4.98 Å². The third kappa shape index (κ3) is 5.92. The minimum atomic E-state index is -0.258. The van der Waals surface area contributed by atoms with Gasteiger partial charge in [-0.2, -0.15) is 4.80 Å². The van der Waals surface area contributed by atoms with Crippen LogP contribution in [-0.4, -0.2) is 44.8 Å². The molecule has 3 aromatic rings. The molecule has 9 heteroatoms. The Kier molecular flexibility index (Phi) is 7.29. The van der Waals surface area contributed by atoms with Gasteiger partial charge in [0.25, 0.3) is 5.91 Å². The van der Waals surface area contributed by atoms with Gasteiger partial charge in [0.15, 0.2) is 0 Å². The second-order valence-electron chi connectivity index (χ2n) is 8.71. The van der Waals surface area contributed by atoms with Gasteiger partial charge >= 0.3 is 0 Å². The maximum Gasteiger partial charge on any atom is 0.270 e. The van der Waals surface area contributed by atoms with Crippen LogP contribution in [0.2, 0.25) is 0 Å². The minimum absolute atomic E-state index is 0.258. The predicted octanol–water partition coefficient (Wildman–Crippen LogP) is 2.75. The molecule has 0 aliphatic heterocycles. The highest BCUT2D eigenvalue weighted by Gasteiger charge is 2.22. The number of carbonyl (C=O) groups excluding carboxylic acids is 1. The van der Waals surface area contributed by atoms with Crippen molar-refractivity contribution in [3.8, 4) is 17.1 Å². The fourth-order valence-corrected chi connectivity index (χ4v) is 4.29. The number of carbonyl (C=O) groups is 1. The molecule has 4 rings (SSSR count). The Morgan fingerprint density at radius 3 is 2.73 bits per heavy atom. The van der Waals surface area contributed by atoms with Gasteiger partial charge in [-0.3, -0.25) is 4.79 Å². The third-order valence-corrected chi connectivity index (χ3v) is 6.21. The summed E-state index contributed by atoms with van der Waals surface area (Å²) in [5.74, 6) is 2.19. The van der Waals surface area contributed by atoms with E-state index in [1.807, 2.05) is 37.3 Å². The van der Waals surface area contributed by atoms with E-state index >= 15 is 0 Å². The average molecular weight is 450 g/mol. The first-order valence-electron chi connectivity index (χ1n) is 11.4. The monoisotopic (exact) mass is 449 g/mol. The first-order chi connectivity index (χ1) is 16.0. The summed E-state index contributed by atoms with van der Waals surface area (Å²) in [7, 11) is 1.62. The standard InChI is InChI=1S/C24H31N7O2/c1-16-10-20(23-28-30-31(29-23)15-18-8-6-17(13-25)7-9-18)12-22(27-16)24(32)26-14-19-4-3-5-21(11-19)33-2/h3-5,10-12,17-18H,6-9,13-15,25H2,1-2H3,(H,26,32)/t17-,18-. The molecule has 2 heterocycles. The maximum atomic E-state index is 12.8. The average Bonchev–Trinajstić information content (AvgIpc) is 3.31. The SMILES string of the molecule is COc1cccc(CNC(=O)c2cc(-c3nnn(C[C@H]4CC[C@H](CN)CC4)n3)cc(C)n2)c1. The largest absolute Gasteiger partial charge is 0.497 e. The van der Waals surface area contributed by atoms with E-state index in [0.29, 0.717) is 29.9 Å². The van der Waals surface area contributed by atoms with E-state index in [9.17, 15) is 4.79 Å². The first kappa shape index (κ1) is 22.8. The van der Waals surface area contributed by atoms with Crippen LogP contribution in [0.1, 0.15) is 47.4 Å². The van der Waals surface area contributed by atoms with E-state index < -0.39 is 0 Å². The van der Waals surface area contributed by atoms with E-state index in [1.54, 1.807) is 18.0 Å². The van der Waals surface area contributed by atoms with Crippen LogP contribution in [0.15, 0.2) is 36.4 Å². The number of nitrogens with zero attached hydrogens (tertiary/aromatic N) is 5. The lowest BCUT2D eigenvalue weighted by Gasteiger charge is -2.26. The second kappa shape index (κ2) is 10.5. The molecule has 1 fully saturated rings. The van der Waals surface area contributed by atoms with Gasteiger partial charge in [0.05, 0.1) is 13.7 Å². The molecule has 9 nitrogen and oxygen atoms in total.